The average molecular weight is 575 g/mol. The molecule has 0 radical (unpaired) electrons. The molecule has 0 saturated heterocycles. The van der Waals surface area contributed by atoms with Crippen molar-refractivity contribution in [3.8, 4) is 34.3 Å². The second-order valence-electron chi connectivity index (χ2n) is 9.23. The van der Waals surface area contributed by atoms with Gasteiger partial charge in [0.05, 0.1) is 39.4 Å². The van der Waals surface area contributed by atoms with Gasteiger partial charge in [0.15, 0.2) is 35.7 Å². The molecule has 0 spiro atoms. The number of aromatic nitrogens is 1. The van der Waals surface area contributed by atoms with E-state index in [9.17, 15) is 0 Å². The van der Waals surface area contributed by atoms with Crippen molar-refractivity contribution in [1.82, 2.24) is 0 Å². The molecular weight excluding hydrogens is 541 g/mol. The highest BCUT2D eigenvalue weighted by Crippen LogP contribution is 2.43. The van der Waals surface area contributed by atoms with E-state index in [-0.39, 0.29) is 24.0 Å². The van der Waals surface area contributed by atoms with Crippen molar-refractivity contribution >= 4 is 10.8 Å². The van der Waals surface area contributed by atoms with Crippen LogP contribution in [0, 0.1) is 5.92 Å². The predicted octanol–water partition coefficient (Wildman–Crippen LogP) is 2.51. The van der Waals surface area contributed by atoms with Gasteiger partial charge in [-0.2, -0.15) is 4.57 Å². The summed E-state index contributed by atoms with van der Waals surface area (Å²) in [6.45, 7) is 0.922. The van der Waals surface area contributed by atoms with E-state index in [1.807, 2.05) is 6.07 Å². The van der Waals surface area contributed by atoms with Crippen LogP contribution in [0.5, 0.6) is 23.0 Å². The maximum absolute atomic E-state index is 5.85. The molecule has 1 fully saturated rings. The topological polar surface area (TPSA) is 40.8 Å². The average Bonchev–Trinajstić information content (AvgIpc) is 2.87. The van der Waals surface area contributed by atoms with Gasteiger partial charge in [0.2, 0.25) is 5.69 Å². The third-order valence-electron chi connectivity index (χ3n) is 7.47. The molecule has 0 unspecified atom stereocenters. The van der Waals surface area contributed by atoms with Gasteiger partial charge in [0.25, 0.3) is 0 Å². The molecule has 2 aliphatic rings. The molecule has 5 rings (SSSR count). The Labute approximate surface area is 219 Å². The van der Waals surface area contributed by atoms with E-state index in [0.29, 0.717) is 5.92 Å². The maximum Gasteiger partial charge on any atom is 0.216 e. The lowest BCUT2D eigenvalue weighted by Crippen LogP contribution is -3.00. The molecule has 0 atom stereocenters. The van der Waals surface area contributed by atoms with Crippen LogP contribution >= 0.6 is 0 Å². The predicted molar refractivity (Wildman–Crippen MR) is 130 cm³/mol. The third-order valence-corrected chi connectivity index (χ3v) is 7.47. The van der Waals surface area contributed by atoms with Crippen molar-refractivity contribution < 1.29 is 47.5 Å². The molecule has 2 aromatic carbocycles. The number of rotatable bonds is 6. The van der Waals surface area contributed by atoms with E-state index in [0.717, 1.165) is 47.8 Å². The summed E-state index contributed by atoms with van der Waals surface area (Å²) in [5, 5.41) is 2.38. The molecule has 182 valence electrons. The zero-order valence-electron chi connectivity index (χ0n) is 20.6. The summed E-state index contributed by atoms with van der Waals surface area (Å²) in [4.78, 5) is 0. The minimum atomic E-state index is 0. The van der Waals surface area contributed by atoms with E-state index in [1.54, 1.807) is 28.4 Å². The lowest BCUT2D eigenvalue weighted by Gasteiger charge is -2.25. The van der Waals surface area contributed by atoms with Gasteiger partial charge in [-0.05, 0) is 42.2 Å². The highest BCUT2D eigenvalue weighted by Gasteiger charge is 2.32. The maximum atomic E-state index is 5.85. The third kappa shape index (κ3) is 4.30. The molecule has 6 heteroatoms. The summed E-state index contributed by atoms with van der Waals surface area (Å²) in [5.74, 6) is 3.88. The molecule has 0 bridgehead atoms. The lowest BCUT2D eigenvalue weighted by molar-refractivity contribution is -0.686. The number of nitrogens with zero attached hydrogens (tertiary/aromatic N) is 1. The molecule has 0 N–H and O–H groups in total. The van der Waals surface area contributed by atoms with Crippen molar-refractivity contribution in [3.63, 3.8) is 0 Å². The lowest BCUT2D eigenvalue weighted by atomic mass is 9.81. The van der Waals surface area contributed by atoms with Crippen LogP contribution in [0.1, 0.15) is 43.2 Å². The Bertz CT molecular complexity index is 1190. The largest absolute Gasteiger partial charge is 1.00 e. The van der Waals surface area contributed by atoms with Gasteiger partial charge in [-0.25, -0.2) is 0 Å². The SMILES string of the molecule is COc1cc2c(cc1OC)-c1c(CC3CCCCC3)c3ccc(OC)c(OC)c3c[n+]1CC2.[I-]. The Balaban J connectivity index is 0.00000274. The molecule has 1 saturated carbocycles. The first kappa shape index (κ1) is 24.9. The van der Waals surface area contributed by atoms with E-state index in [1.165, 1.54) is 59.9 Å². The standard InChI is InChI=1S/C28H34NO4.HI/c1-30-24-11-10-20-22(14-18-8-6-5-7-9-18)27-21-16-26(32-3)25(31-2)15-19(21)12-13-29(27)17-23(20)28(24)33-4;/h10-11,15-18H,5-9,12-14H2,1-4H3;1H/q+1;/p-1. The number of pyridine rings is 1. The minimum absolute atomic E-state index is 0. The van der Waals surface area contributed by atoms with Crippen LogP contribution in [0.15, 0.2) is 30.5 Å². The molecule has 5 nitrogen and oxygen atoms in total. The number of fused-ring (bicyclic) bond motifs is 4. The number of ether oxygens (including phenoxy) is 4. The number of methoxy groups -OCH3 is 4. The smallest absolute Gasteiger partial charge is 0.216 e. The van der Waals surface area contributed by atoms with E-state index in [2.05, 4.69) is 29.0 Å². The first-order valence-corrected chi connectivity index (χ1v) is 12.0. The second-order valence-corrected chi connectivity index (χ2v) is 9.23. The van der Waals surface area contributed by atoms with Crippen LogP contribution in [0.2, 0.25) is 0 Å². The molecule has 0 amide bonds. The first-order valence-electron chi connectivity index (χ1n) is 12.0. The molecule has 1 aromatic heterocycles. The summed E-state index contributed by atoms with van der Waals surface area (Å²) in [5.41, 5.74) is 5.29. The highest BCUT2D eigenvalue weighted by atomic mass is 127. The Hall–Kier alpha value is -2.22. The van der Waals surface area contributed by atoms with Crippen molar-refractivity contribution in [2.75, 3.05) is 28.4 Å². The van der Waals surface area contributed by atoms with Crippen LogP contribution < -0.4 is 47.5 Å². The number of hydrogen-bond donors (Lipinski definition) is 0. The fourth-order valence-electron chi connectivity index (χ4n) is 5.83. The summed E-state index contributed by atoms with van der Waals surface area (Å²) in [6, 6.07) is 8.57. The van der Waals surface area contributed by atoms with Gasteiger partial charge in [-0.1, -0.05) is 32.1 Å². The highest BCUT2D eigenvalue weighted by molar-refractivity contribution is 5.95. The Morgan fingerprint density at radius 1 is 0.824 bits per heavy atom. The van der Waals surface area contributed by atoms with Gasteiger partial charge in [0, 0.05) is 17.4 Å². The van der Waals surface area contributed by atoms with Crippen molar-refractivity contribution in [2.45, 2.75) is 51.5 Å². The molecular formula is C28H34INO4. The molecule has 1 aliphatic heterocycles. The molecule has 1 aliphatic carbocycles. The Kier molecular flexibility index (Phi) is 7.75. The fraction of sp³-hybridized carbons (Fsp3) is 0.464. The molecule has 3 aromatic rings. The zero-order chi connectivity index (χ0) is 22.9. The van der Waals surface area contributed by atoms with Gasteiger partial charge in [0.1, 0.15) is 0 Å². The molecule has 34 heavy (non-hydrogen) atoms. The van der Waals surface area contributed by atoms with Gasteiger partial charge >= 0.3 is 0 Å². The monoisotopic (exact) mass is 575 g/mol. The summed E-state index contributed by atoms with van der Waals surface area (Å²) in [6.07, 6.45) is 10.9. The van der Waals surface area contributed by atoms with Gasteiger partial charge in [-0.3, -0.25) is 0 Å². The van der Waals surface area contributed by atoms with Crippen LogP contribution in [0.3, 0.4) is 0 Å². The fourth-order valence-corrected chi connectivity index (χ4v) is 5.83. The number of hydrogen-bond acceptors (Lipinski definition) is 4. The normalized spacial score (nSPS) is 15.2. The van der Waals surface area contributed by atoms with Crippen molar-refractivity contribution in [2.24, 2.45) is 5.92 Å². The summed E-state index contributed by atoms with van der Waals surface area (Å²) in [7, 11) is 6.85. The second kappa shape index (κ2) is 10.6. The Morgan fingerprint density at radius 2 is 1.53 bits per heavy atom. The van der Waals surface area contributed by atoms with E-state index < -0.39 is 0 Å². The number of benzene rings is 2. The quantitative estimate of drug-likeness (QED) is 0.335. The number of halogens is 1. The summed E-state index contributed by atoms with van der Waals surface area (Å²) < 4.78 is 25.2. The van der Waals surface area contributed by atoms with Crippen LogP contribution in [-0.2, 0) is 19.4 Å². The van der Waals surface area contributed by atoms with Gasteiger partial charge < -0.3 is 42.9 Å². The van der Waals surface area contributed by atoms with Crippen LogP contribution in [-0.4, -0.2) is 28.4 Å². The molecule has 2 heterocycles. The Morgan fingerprint density at radius 3 is 2.21 bits per heavy atom. The van der Waals surface area contributed by atoms with Crippen molar-refractivity contribution in [1.29, 1.82) is 0 Å². The number of aryl methyl sites for hydroxylation is 2. The van der Waals surface area contributed by atoms with Gasteiger partial charge in [-0.15, -0.1) is 0 Å². The zero-order valence-corrected chi connectivity index (χ0v) is 22.7. The first-order chi connectivity index (χ1) is 16.2. The van der Waals surface area contributed by atoms with Crippen LogP contribution in [0.4, 0.5) is 0 Å². The van der Waals surface area contributed by atoms with E-state index >= 15 is 0 Å². The van der Waals surface area contributed by atoms with E-state index in [4.69, 9.17) is 18.9 Å². The van der Waals surface area contributed by atoms with Crippen LogP contribution in [0.25, 0.3) is 22.0 Å². The summed E-state index contributed by atoms with van der Waals surface area (Å²) >= 11 is 0. The minimum Gasteiger partial charge on any atom is -1.00 e. The van der Waals surface area contributed by atoms with Crippen molar-refractivity contribution in [3.05, 3.63) is 41.6 Å².